The number of aryl methyl sites for hydroxylation is 2. The highest BCUT2D eigenvalue weighted by Crippen LogP contribution is 2.42. The zero-order valence-corrected chi connectivity index (χ0v) is 15.6. The van der Waals surface area contributed by atoms with Gasteiger partial charge in [0.25, 0.3) is 0 Å². The van der Waals surface area contributed by atoms with Gasteiger partial charge < -0.3 is 14.9 Å². The molecule has 2 aliphatic heterocycles. The summed E-state index contributed by atoms with van der Waals surface area (Å²) in [6.07, 6.45) is 6.14. The Bertz CT molecular complexity index is 827. The Morgan fingerprint density at radius 3 is 2.52 bits per heavy atom. The van der Waals surface area contributed by atoms with Crippen molar-refractivity contribution in [3.8, 4) is 0 Å². The van der Waals surface area contributed by atoms with Crippen LogP contribution in [0.5, 0.6) is 0 Å². The van der Waals surface area contributed by atoms with Crippen molar-refractivity contribution in [2.24, 2.45) is 0 Å². The SMILES string of the molecule is Cc1cccc(C)c1B1N(C(C)C)c2ncccc2C2(C)NC=CN12. The largest absolute Gasteiger partial charge is 0.414 e. The molecule has 0 saturated carbocycles. The molecule has 0 radical (unpaired) electrons. The number of nitrogens with zero attached hydrogens (tertiary/aromatic N) is 3. The summed E-state index contributed by atoms with van der Waals surface area (Å²) in [5.41, 5.74) is 4.94. The fraction of sp³-hybridized carbons (Fsp3) is 0.350. The van der Waals surface area contributed by atoms with Crippen molar-refractivity contribution in [1.82, 2.24) is 15.1 Å². The fourth-order valence-electron chi connectivity index (χ4n) is 4.32. The van der Waals surface area contributed by atoms with Gasteiger partial charge in [-0.25, -0.2) is 4.98 Å². The summed E-state index contributed by atoms with van der Waals surface area (Å²) in [7, 11) is 0. The zero-order chi connectivity index (χ0) is 17.8. The third kappa shape index (κ3) is 2.18. The quantitative estimate of drug-likeness (QED) is 0.857. The van der Waals surface area contributed by atoms with Crippen LogP contribution in [0.2, 0.25) is 0 Å². The highest BCUT2D eigenvalue weighted by Gasteiger charge is 2.52. The lowest BCUT2D eigenvalue weighted by atomic mass is 9.57. The molecule has 0 saturated heterocycles. The Morgan fingerprint density at radius 1 is 1.12 bits per heavy atom. The molecule has 1 aromatic heterocycles. The molecule has 1 unspecified atom stereocenters. The molecular weight excluding hydrogens is 307 g/mol. The Kier molecular flexibility index (Phi) is 3.57. The van der Waals surface area contributed by atoms with Gasteiger partial charge in [-0.2, -0.15) is 0 Å². The third-order valence-corrected chi connectivity index (χ3v) is 5.56. The summed E-state index contributed by atoms with van der Waals surface area (Å²) in [4.78, 5) is 9.68. The van der Waals surface area contributed by atoms with E-state index in [-0.39, 0.29) is 12.6 Å². The molecule has 1 aromatic carbocycles. The summed E-state index contributed by atoms with van der Waals surface area (Å²) in [6.45, 7) is 11.3. The number of rotatable bonds is 2. The molecule has 1 atom stereocenters. The van der Waals surface area contributed by atoms with Gasteiger partial charge in [-0.15, -0.1) is 0 Å². The maximum atomic E-state index is 4.79. The van der Waals surface area contributed by atoms with Crippen LogP contribution >= 0.6 is 0 Å². The second-order valence-corrected chi connectivity index (χ2v) is 7.49. The number of fused-ring (bicyclic) bond motifs is 3. The first-order valence-electron chi connectivity index (χ1n) is 8.98. The van der Waals surface area contributed by atoms with Crippen LogP contribution in [0, 0.1) is 13.8 Å². The van der Waals surface area contributed by atoms with E-state index in [1.165, 1.54) is 22.2 Å². The van der Waals surface area contributed by atoms with Crippen molar-refractivity contribution in [3.05, 3.63) is 65.6 Å². The average molecular weight is 332 g/mol. The van der Waals surface area contributed by atoms with Gasteiger partial charge in [-0.05, 0) is 52.2 Å². The van der Waals surface area contributed by atoms with Crippen LogP contribution < -0.4 is 15.6 Å². The summed E-state index contributed by atoms with van der Waals surface area (Å²) in [6, 6.07) is 11.1. The van der Waals surface area contributed by atoms with Crippen molar-refractivity contribution in [3.63, 3.8) is 0 Å². The maximum Gasteiger partial charge on any atom is 0.414 e. The molecule has 5 heteroatoms. The van der Waals surface area contributed by atoms with Crippen LogP contribution in [0.3, 0.4) is 0 Å². The number of hydrogen-bond donors (Lipinski definition) is 1. The fourth-order valence-corrected chi connectivity index (χ4v) is 4.32. The molecule has 0 fully saturated rings. The van der Waals surface area contributed by atoms with E-state index in [1.54, 1.807) is 0 Å². The lowest BCUT2D eigenvalue weighted by molar-refractivity contribution is 0.253. The molecule has 3 heterocycles. The van der Waals surface area contributed by atoms with Gasteiger partial charge in [0.1, 0.15) is 11.5 Å². The van der Waals surface area contributed by atoms with Crippen LogP contribution in [-0.4, -0.2) is 22.8 Å². The number of benzene rings is 1. The van der Waals surface area contributed by atoms with E-state index in [0.717, 1.165) is 5.82 Å². The van der Waals surface area contributed by atoms with Crippen LogP contribution in [0.4, 0.5) is 5.82 Å². The highest BCUT2D eigenvalue weighted by atomic mass is 15.4. The van der Waals surface area contributed by atoms with Crippen LogP contribution in [-0.2, 0) is 5.66 Å². The molecule has 0 bridgehead atoms. The van der Waals surface area contributed by atoms with Crippen molar-refractivity contribution in [1.29, 1.82) is 0 Å². The summed E-state index contributed by atoms with van der Waals surface area (Å²) in [5.74, 6) is 1.07. The van der Waals surface area contributed by atoms with Crippen molar-refractivity contribution in [2.45, 2.75) is 46.3 Å². The Hall–Kier alpha value is -2.43. The predicted molar refractivity (Wildman–Crippen MR) is 105 cm³/mol. The van der Waals surface area contributed by atoms with Crippen LogP contribution in [0.15, 0.2) is 48.9 Å². The smallest absolute Gasteiger partial charge is 0.374 e. The first-order valence-corrected chi connectivity index (χ1v) is 8.98. The second kappa shape index (κ2) is 5.55. The van der Waals surface area contributed by atoms with E-state index >= 15 is 0 Å². The van der Waals surface area contributed by atoms with Crippen LogP contribution in [0.25, 0.3) is 0 Å². The molecule has 2 aliphatic rings. The maximum absolute atomic E-state index is 4.79. The number of aromatic nitrogens is 1. The Balaban J connectivity index is 2.01. The van der Waals surface area contributed by atoms with Gasteiger partial charge in [0.2, 0.25) is 0 Å². The minimum Gasteiger partial charge on any atom is -0.374 e. The van der Waals surface area contributed by atoms with Gasteiger partial charge >= 0.3 is 6.98 Å². The average Bonchev–Trinajstić information content (AvgIpc) is 2.97. The molecule has 25 heavy (non-hydrogen) atoms. The second-order valence-electron chi connectivity index (χ2n) is 7.49. The van der Waals surface area contributed by atoms with Crippen molar-refractivity contribution < 1.29 is 0 Å². The predicted octanol–water partition coefficient (Wildman–Crippen LogP) is 2.87. The van der Waals surface area contributed by atoms with E-state index in [0.29, 0.717) is 6.04 Å². The molecule has 1 N–H and O–H groups in total. The molecule has 2 aromatic rings. The van der Waals surface area contributed by atoms with Gasteiger partial charge in [0.15, 0.2) is 0 Å². The van der Waals surface area contributed by atoms with Gasteiger partial charge in [-0.3, -0.25) is 0 Å². The van der Waals surface area contributed by atoms with E-state index in [4.69, 9.17) is 4.98 Å². The van der Waals surface area contributed by atoms with E-state index in [1.807, 2.05) is 12.3 Å². The minimum atomic E-state index is -0.283. The number of nitrogens with one attached hydrogen (secondary N) is 1. The van der Waals surface area contributed by atoms with Gasteiger partial charge in [0.05, 0.1) is 0 Å². The number of anilines is 1. The Morgan fingerprint density at radius 2 is 1.84 bits per heavy atom. The lowest BCUT2D eigenvalue weighted by Gasteiger charge is -2.52. The molecular formula is C20H25BN4. The lowest BCUT2D eigenvalue weighted by Crippen LogP contribution is -2.70. The van der Waals surface area contributed by atoms with Crippen molar-refractivity contribution >= 4 is 18.3 Å². The van der Waals surface area contributed by atoms with Gasteiger partial charge in [0, 0.05) is 30.2 Å². The molecule has 0 spiro atoms. The molecule has 128 valence electrons. The summed E-state index contributed by atoms with van der Waals surface area (Å²) >= 11 is 0. The zero-order valence-electron chi connectivity index (χ0n) is 15.6. The highest BCUT2D eigenvalue weighted by molar-refractivity contribution is 6.76. The number of pyridine rings is 1. The molecule has 0 amide bonds. The molecule has 0 aliphatic carbocycles. The van der Waals surface area contributed by atoms with Gasteiger partial charge in [-0.1, -0.05) is 29.3 Å². The first kappa shape index (κ1) is 16.1. The Labute approximate surface area is 150 Å². The number of hydrogen-bond acceptors (Lipinski definition) is 4. The monoisotopic (exact) mass is 332 g/mol. The first-order chi connectivity index (χ1) is 11.9. The third-order valence-electron chi connectivity index (χ3n) is 5.56. The van der Waals surface area contributed by atoms with Crippen LogP contribution in [0.1, 0.15) is 37.5 Å². The minimum absolute atomic E-state index is 0.111. The molecule has 4 rings (SSSR count). The standard InChI is InChI=1S/C20H25BN4/c1-14(2)25-19-17(10-7-11-22-19)20(5)23-12-13-24(20)21(25)18-15(3)8-6-9-16(18)4/h6-14,23H,1-5H3. The topological polar surface area (TPSA) is 31.4 Å². The van der Waals surface area contributed by atoms with Crippen molar-refractivity contribution in [2.75, 3.05) is 4.81 Å². The van der Waals surface area contributed by atoms with E-state index in [2.05, 4.69) is 86.2 Å². The molecule has 4 nitrogen and oxygen atoms in total. The normalized spacial score (nSPS) is 21.4. The van der Waals surface area contributed by atoms with E-state index < -0.39 is 0 Å². The summed E-state index contributed by atoms with van der Waals surface area (Å²) < 4.78 is 0. The summed E-state index contributed by atoms with van der Waals surface area (Å²) in [5, 5.41) is 3.57. The van der Waals surface area contributed by atoms with E-state index in [9.17, 15) is 0 Å².